The van der Waals surface area contributed by atoms with Crippen molar-refractivity contribution in [3.8, 4) is 0 Å². The molecule has 1 atom stereocenters. The van der Waals surface area contributed by atoms with Crippen LogP contribution in [0.25, 0.3) is 0 Å². The van der Waals surface area contributed by atoms with Gasteiger partial charge in [-0.2, -0.15) is 0 Å². The summed E-state index contributed by atoms with van der Waals surface area (Å²) in [5.74, 6) is 2.13. The summed E-state index contributed by atoms with van der Waals surface area (Å²) in [5.41, 5.74) is 0. The van der Waals surface area contributed by atoms with Crippen molar-refractivity contribution in [1.29, 1.82) is 0 Å². The highest BCUT2D eigenvalue weighted by Crippen LogP contribution is 2.35. The summed E-state index contributed by atoms with van der Waals surface area (Å²) in [7, 11) is 0. The van der Waals surface area contributed by atoms with E-state index in [4.69, 9.17) is 0 Å². The number of nitrogens with one attached hydrogen (secondary N) is 1. The maximum atomic E-state index is 3.82. The fourth-order valence-corrected chi connectivity index (χ4v) is 3.50. The lowest BCUT2D eigenvalue weighted by Crippen LogP contribution is -2.32. The third-order valence-corrected chi connectivity index (χ3v) is 4.90. The second-order valence-corrected chi connectivity index (χ2v) is 6.77. The summed E-state index contributed by atoms with van der Waals surface area (Å²) in [5, 5.41) is 3.82. The van der Waals surface area contributed by atoms with E-state index in [1.54, 1.807) is 0 Å². The van der Waals surface area contributed by atoms with Crippen LogP contribution >= 0.6 is 0 Å². The molecule has 2 aliphatic carbocycles. The molecule has 1 unspecified atom stereocenters. The molecule has 0 amide bonds. The van der Waals surface area contributed by atoms with Crippen LogP contribution in [0.4, 0.5) is 0 Å². The van der Waals surface area contributed by atoms with Gasteiger partial charge in [0.1, 0.15) is 0 Å². The number of hydrogen-bond acceptors (Lipinski definition) is 1. The van der Waals surface area contributed by atoms with E-state index in [9.17, 15) is 0 Å². The molecule has 106 valence electrons. The first-order chi connectivity index (χ1) is 8.88. The maximum absolute atomic E-state index is 3.82. The van der Waals surface area contributed by atoms with Crippen molar-refractivity contribution in [2.24, 2.45) is 11.8 Å². The van der Waals surface area contributed by atoms with Gasteiger partial charge in [0, 0.05) is 6.04 Å². The van der Waals surface area contributed by atoms with Gasteiger partial charge in [-0.3, -0.25) is 0 Å². The Kier molecular flexibility index (Phi) is 6.54. The SMILES string of the molecule is CCCNC(CCC1CC1)CC1CCCCCC1. The van der Waals surface area contributed by atoms with Crippen LogP contribution in [-0.2, 0) is 0 Å². The Morgan fingerprint density at radius 2 is 1.67 bits per heavy atom. The Balaban J connectivity index is 1.70. The van der Waals surface area contributed by atoms with Gasteiger partial charge >= 0.3 is 0 Å². The van der Waals surface area contributed by atoms with Crippen molar-refractivity contribution in [2.75, 3.05) is 6.54 Å². The molecule has 0 aliphatic heterocycles. The normalized spacial score (nSPS) is 23.8. The van der Waals surface area contributed by atoms with Crippen LogP contribution in [-0.4, -0.2) is 12.6 Å². The van der Waals surface area contributed by atoms with Gasteiger partial charge in [-0.1, -0.05) is 58.3 Å². The summed E-state index contributed by atoms with van der Waals surface area (Å²) in [6, 6.07) is 0.827. The lowest BCUT2D eigenvalue weighted by molar-refractivity contribution is 0.331. The van der Waals surface area contributed by atoms with Crippen LogP contribution in [0.1, 0.15) is 84.0 Å². The van der Waals surface area contributed by atoms with E-state index in [2.05, 4.69) is 12.2 Å². The van der Waals surface area contributed by atoms with E-state index in [1.165, 1.54) is 83.6 Å². The highest BCUT2D eigenvalue weighted by atomic mass is 14.9. The summed E-state index contributed by atoms with van der Waals surface area (Å²) in [6.45, 7) is 3.51. The van der Waals surface area contributed by atoms with Crippen LogP contribution in [0.2, 0.25) is 0 Å². The molecule has 0 aromatic rings. The number of rotatable bonds is 8. The van der Waals surface area contributed by atoms with E-state index in [0.717, 1.165) is 17.9 Å². The summed E-state index contributed by atoms with van der Waals surface area (Å²) in [6.07, 6.45) is 17.7. The van der Waals surface area contributed by atoms with Gasteiger partial charge in [-0.25, -0.2) is 0 Å². The van der Waals surface area contributed by atoms with E-state index >= 15 is 0 Å². The average molecular weight is 251 g/mol. The molecule has 0 aromatic heterocycles. The van der Waals surface area contributed by atoms with Crippen LogP contribution in [0, 0.1) is 11.8 Å². The van der Waals surface area contributed by atoms with Crippen molar-refractivity contribution in [3.05, 3.63) is 0 Å². The minimum atomic E-state index is 0.827. The topological polar surface area (TPSA) is 12.0 Å². The first kappa shape index (κ1) is 14.4. The van der Waals surface area contributed by atoms with Crippen LogP contribution in [0.5, 0.6) is 0 Å². The first-order valence-electron chi connectivity index (χ1n) is 8.62. The molecular formula is C17H33N. The van der Waals surface area contributed by atoms with E-state index < -0.39 is 0 Å². The van der Waals surface area contributed by atoms with Gasteiger partial charge in [-0.15, -0.1) is 0 Å². The van der Waals surface area contributed by atoms with Gasteiger partial charge in [0.05, 0.1) is 0 Å². The fourth-order valence-electron chi connectivity index (χ4n) is 3.50. The van der Waals surface area contributed by atoms with Crippen LogP contribution in [0.15, 0.2) is 0 Å². The zero-order valence-corrected chi connectivity index (χ0v) is 12.4. The van der Waals surface area contributed by atoms with Crippen LogP contribution in [0.3, 0.4) is 0 Å². The van der Waals surface area contributed by atoms with Crippen molar-refractivity contribution in [1.82, 2.24) is 5.32 Å². The second-order valence-electron chi connectivity index (χ2n) is 6.77. The molecule has 0 saturated heterocycles. The Bertz CT molecular complexity index is 202. The molecule has 1 nitrogen and oxygen atoms in total. The molecule has 2 rings (SSSR count). The molecule has 18 heavy (non-hydrogen) atoms. The Morgan fingerprint density at radius 1 is 0.944 bits per heavy atom. The van der Waals surface area contributed by atoms with Crippen molar-refractivity contribution in [2.45, 2.75) is 90.0 Å². The molecule has 0 aromatic carbocycles. The maximum Gasteiger partial charge on any atom is 0.00698 e. The van der Waals surface area contributed by atoms with Crippen LogP contribution < -0.4 is 5.32 Å². The summed E-state index contributed by atoms with van der Waals surface area (Å²) >= 11 is 0. The molecule has 0 spiro atoms. The van der Waals surface area contributed by atoms with E-state index in [1.807, 2.05) is 0 Å². The van der Waals surface area contributed by atoms with E-state index in [-0.39, 0.29) is 0 Å². The standard InChI is InChI=1S/C17H33N/c1-2-13-18-17(12-11-15-9-10-15)14-16-7-5-3-4-6-8-16/h15-18H,2-14H2,1H3. The fraction of sp³-hybridized carbons (Fsp3) is 1.00. The average Bonchev–Trinajstić information content (AvgIpc) is 3.20. The molecule has 2 fully saturated rings. The third-order valence-electron chi connectivity index (χ3n) is 4.90. The summed E-state index contributed by atoms with van der Waals surface area (Å²) in [4.78, 5) is 0. The first-order valence-corrected chi connectivity index (χ1v) is 8.62. The quantitative estimate of drug-likeness (QED) is 0.605. The lowest BCUT2D eigenvalue weighted by Gasteiger charge is -2.24. The summed E-state index contributed by atoms with van der Waals surface area (Å²) < 4.78 is 0. The molecule has 0 radical (unpaired) electrons. The second kappa shape index (κ2) is 8.19. The number of hydrogen-bond donors (Lipinski definition) is 1. The van der Waals surface area contributed by atoms with Gasteiger partial charge in [0.15, 0.2) is 0 Å². The molecular weight excluding hydrogens is 218 g/mol. The molecule has 2 saturated carbocycles. The molecule has 2 aliphatic rings. The zero-order chi connectivity index (χ0) is 12.6. The Morgan fingerprint density at radius 3 is 2.28 bits per heavy atom. The van der Waals surface area contributed by atoms with Crippen molar-refractivity contribution in [3.63, 3.8) is 0 Å². The van der Waals surface area contributed by atoms with Crippen molar-refractivity contribution >= 4 is 0 Å². The highest BCUT2D eigenvalue weighted by Gasteiger charge is 2.24. The smallest absolute Gasteiger partial charge is 0.00698 e. The zero-order valence-electron chi connectivity index (χ0n) is 12.4. The molecule has 0 heterocycles. The predicted octanol–water partition coefficient (Wildman–Crippen LogP) is 4.91. The monoisotopic (exact) mass is 251 g/mol. The predicted molar refractivity (Wildman–Crippen MR) is 79.8 cm³/mol. The Labute approximate surface area is 114 Å². The molecule has 1 heteroatoms. The molecule has 1 N–H and O–H groups in total. The lowest BCUT2D eigenvalue weighted by atomic mass is 9.90. The van der Waals surface area contributed by atoms with Gasteiger partial charge < -0.3 is 5.32 Å². The minimum absolute atomic E-state index is 0.827. The van der Waals surface area contributed by atoms with Crippen molar-refractivity contribution < 1.29 is 0 Å². The van der Waals surface area contributed by atoms with Gasteiger partial charge in [0.25, 0.3) is 0 Å². The largest absolute Gasteiger partial charge is 0.314 e. The van der Waals surface area contributed by atoms with Gasteiger partial charge in [-0.05, 0) is 44.1 Å². The van der Waals surface area contributed by atoms with Gasteiger partial charge in [0.2, 0.25) is 0 Å². The minimum Gasteiger partial charge on any atom is -0.314 e. The Hall–Kier alpha value is -0.0400. The highest BCUT2D eigenvalue weighted by molar-refractivity contribution is 4.79. The molecule has 0 bridgehead atoms. The third kappa shape index (κ3) is 5.73. The van der Waals surface area contributed by atoms with E-state index in [0.29, 0.717) is 0 Å².